The van der Waals surface area contributed by atoms with E-state index in [2.05, 4.69) is 5.32 Å². The highest BCUT2D eigenvalue weighted by Crippen LogP contribution is 2.31. The molecule has 230 valence electrons. The number of hydrogen-bond donors (Lipinski definition) is 1. The van der Waals surface area contributed by atoms with Crippen molar-refractivity contribution in [2.24, 2.45) is 0 Å². The Hall–Kier alpha value is -3.36. The first-order valence-corrected chi connectivity index (χ1v) is 16.8. The van der Waals surface area contributed by atoms with Gasteiger partial charge in [0.25, 0.3) is 10.0 Å². The van der Waals surface area contributed by atoms with Crippen molar-refractivity contribution in [3.63, 3.8) is 0 Å². The van der Waals surface area contributed by atoms with Crippen molar-refractivity contribution in [2.75, 3.05) is 10.8 Å². The lowest BCUT2D eigenvalue weighted by molar-refractivity contribution is -0.140. The lowest BCUT2D eigenvalue weighted by Gasteiger charge is -2.35. The number of rotatable bonds is 11. The van der Waals surface area contributed by atoms with E-state index in [-0.39, 0.29) is 23.4 Å². The van der Waals surface area contributed by atoms with E-state index in [0.29, 0.717) is 22.7 Å². The topological polar surface area (TPSA) is 86.8 Å². The van der Waals surface area contributed by atoms with Crippen LogP contribution < -0.4 is 9.62 Å². The lowest BCUT2D eigenvalue weighted by Crippen LogP contribution is -2.54. The van der Waals surface area contributed by atoms with E-state index in [1.165, 1.54) is 4.90 Å². The Morgan fingerprint density at radius 2 is 1.60 bits per heavy atom. The molecule has 1 fully saturated rings. The number of nitrogens with zero attached hydrogens (tertiary/aromatic N) is 2. The van der Waals surface area contributed by atoms with E-state index in [9.17, 15) is 18.0 Å². The maximum absolute atomic E-state index is 14.4. The molecule has 1 aliphatic rings. The number of aryl methyl sites for hydroxylation is 2. The van der Waals surface area contributed by atoms with Gasteiger partial charge in [-0.1, -0.05) is 85.8 Å². The van der Waals surface area contributed by atoms with Crippen molar-refractivity contribution in [1.29, 1.82) is 0 Å². The summed E-state index contributed by atoms with van der Waals surface area (Å²) in [6, 6.07) is 18.6. The Labute approximate surface area is 261 Å². The van der Waals surface area contributed by atoms with Gasteiger partial charge in [-0.15, -0.1) is 0 Å². The van der Waals surface area contributed by atoms with Crippen LogP contribution >= 0.6 is 11.6 Å². The van der Waals surface area contributed by atoms with Crippen molar-refractivity contribution in [1.82, 2.24) is 10.2 Å². The molecule has 4 rings (SSSR count). The van der Waals surface area contributed by atoms with Gasteiger partial charge in [0.1, 0.15) is 12.6 Å². The number of nitrogens with one attached hydrogen (secondary N) is 1. The smallest absolute Gasteiger partial charge is 0.264 e. The van der Waals surface area contributed by atoms with Crippen molar-refractivity contribution in [2.45, 2.75) is 89.7 Å². The summed E-state index contributed by atoms with van der Waals surface area (Å²) < 4.78 is 29.4. The van der Waals surface area contributed by atoms with E-state index in [0.717, 1.165) is 53.1 Å². The number of halogens is 1. The van der Waals surface area contributed by atoms with Crippen molar-refractivity contribution in [3.05, 3.63) is 94.0 Å². The van der Waals surface area contributed by atoms with Crippen LogP contribution in [0.5, 0.6) is 0 Å². The fourth-order valence-electron chi connectivity index (χ4n) is 5.65. The minimum Gasteiger partial charge on any atom is -0.352 e. The van der Waals surface area contributed by atoms with Crippen LogP contribution in [0.1, 0.15) is 67.7 Å². The van der Waals surface area contributed by atoms with Gasteiger partial charge in [-0.05, 0) is 81.0 Å². The zero-order valence-electron chi connectivity index (χ0n) is 25.5. The second kappa shape index (κ2) is 14.4. The molecular weight excluding hydrogens is 582 g/mol. The van der Waals surface area contributed by atoms with Gasteiger partial charge >= 0.3 is 0 Å². The monoisotopic (exact) mass is 623 g/mol. The Bertz CT molecular complexity index is 1540. The molecule has 3 aromatic rings. The Morgan fingerprint density at radius 3 is 2.26 bits per heavy atom. The van der Waals surface area contributed by atoms with E-state index < -0.39 is 28.5 Å². The van der Waals surface area contributed by atoms with Gasteiger partial charge in [0.05, 0.1) is 10.6 Å². The normalized spacial score (nSPS) is 14.6. The van der Waals surface area contributed by atoms with Gasteiger partial charge in [-0.25, -0.2) is 8.42 Å². The average molecular weight is 624 g/mol. The molecule has 0 bridgehead atoms. The molecular formula is C34H42ClN3O4S. The molecule has 1 aliphatic carbocycles. The number of sulfonamides is 1. The van der Waals surface area contributed by atoms with Crippen molar-refractivity contribution >= 4 is 39.1 Å². The summed E-state index contributed by atoms with van der Waals surface area (Å²) >= 11 is 6.44. The quantitative estimate of drug-likeness (QED) is 0.257. The van der Waals surface area contributed by atoms with Gasteiger partial charge in [0, 0.05) is 17.6 Å². The predicted molar refractivity (Wildman–Crippen MR) is 173 cm³/mol. The van der Waals surface area contributed by atoms with Crippen molar-refractivity contribution < 1.29 is 18.0 Å². The van der Waals surface area contributed by atoms with E-state index in [1.807, 2.05) is 45.0 Å². The fourth-order valence-corrected chi connectivity index (χ4v) is 7.29. The van der Waals surface area contributed by atoms with Crippen LogP contribution in [0.25, 0.3) is 0 Å². The van der Waals surface area contributed by atoms with Crippen LogP contribution in [0.15, 0.2) is 71.6 Å². The molecule has 0 aliphatic heterocycles. The molecule has 1 N–H and O–H groups in total. The van der Waals surface area contributed by atoms with Crippen LogP contribution in [0.2, 0.25) is 5.02 Å². The Kier molecular flexibility index (Phi) is 10.9. The van der Waals surface area contributed by atoms with Gasteiger partial charge in [-0.2, -0.15) is 0 Å². The highest BCUT2D eigenvalue weighted by Gasteiger charge is 2.35. The van der Waals surface area contributed by atoms with Gasteiger partial charge in [0.15, 0.2) is 0 Å². The summed E-state index contributed by atoms with van der Waals surface area (Å²) in [6.07, 6.45) is 5.53. The molecule has 1 atom stereocenters. The molecule has 43 heavy (non-hydrogen) atoms. The molecule has 7 nitrogen and oxygen atoms in total. The highest BCUT2D eigenvalue weighted by molar-refractivity contribution is 7.92. The maximum Gasteiger partial charge on any atom is 0.264 e. The third-order valence-electron chi connectivity index (χ3n) is 8.34. The Morgan fingerprint density at radius 1 is 0.930 bits per heavy atom. The summed E-state index contributed by atoms with van der Waals surface area (Å²) in [5, 5.41) is 3.58. The molecule has 0 spiro atoms. The molecule has 0 heterocycles. The third-order valence-corrected chi connectivity index (χ3v) is 10.5. The average Bonchev–Trinajstić information content (AvgIpc) is 2.99. The molecule has 2 amide bonds. The minimum absolute atomic E-state index is 0.0674. The van der Waals surface area contributed by atoms with Crippen LogP contribution in [0.4, 0.5) is 5.69 Å². The van der Waals surface area contributed by atoms with Crippen LogP contribution in [-0.4, -0.2) is 43.8 Å². The number of benzene rings is 3. The van der Waals surface area contributed by atoms with Gasteiger partial charge in [0.2, 0.25) is 11.8 Å². The molecule has 3 aromatic carbocycles. The second-order valence-corrected chi connectivity index (χ2v) is 13.7. The van der Waals surface area contributed by atoms with Crippen molar-refractivity contribution in [3.8, 4) is 0 Å². The highest BCUT2D eigenvalue weighted by atomic mass is 35.5. The van der Waals surface area contributed by atoms with E-state index in [4.69, 9.17) is 11.6 Å². The number of carbonyl (C=O) groups is 2. The zero-order valence-corrected chi connectivity index (χ0v) is 27.0. The summed E-state index contributed by atoms with van der Waals surface area (Å²) in [5.74, 6) is -0.674. The summed E-state index contributed by atoms with van der Waals surface area (Å²) in [6.45, 7) is 7.14. The summed E-state index contributed by atoms with van der Waals surface area (Å²) in [4.78, 5) is 29.7. The Balaban J connectivity index is 1.75. The summed E-state index contributed by atoms with van der Waals surface area (Å²) in [5.41, 5.74) is 3.65. The van der Waals surface area contributed by atoms with E-state index >= 15 is 0 Å². The molecule has 0 unspecified atom stereocenters. The maximum atomic E-state index is 14.4. The SMILES string of the molecule is CC[C@H](C(=O)NC1CCCCC1)N(Cc1ccccc1C)C(=O)CN(c1cccc(Cl)c1C)S(=O)(=O)c1ccc(C)cc1. The van der Waals surface area contributed by atoms with Crippen LogP contribution in [0, 0.1) is 20.8 Å². The first kappa shape index (κ1) is 32.6. The molecule has 0 aromatic heterocycles. The molecule has 0 saturated heterocycles. The number of carbonyl (C=O) groups excluding carboxylic acids is 2. The number of anilines is 1. The summed E-state index contributed by atoms with van der Waals surface area (Å²) in [7, 11) is -4.17. The zero-order chi connectivity index (χ0) is 31.1. The minimum atomic E-state index is -4.17. The van der Waals surface area contributed by atoms with Crippen LogP contribution in [0.3, 0.4) is 0 Å². The molecule has 9 heteroatoms. The fraction of sp³-hybridized carbons (Fsp3) is 0.412. The molecule has 1 saturated carbocycles. The second-order valence-electron chi connectivity index (χ2n) is 11.4. The number of hydrogen-bond acceptors (Lipinski definition) is 4. The predicted octanol–water partition coefficient (Wildman–Crippen LogP) is 6.72. The molecule has 0 radical (unpaired) electrons. The van der Waals surface area contributed by atoms with E-state index in [1.54, 1.807) is 49.4 Å². The standard InChI is InChI=1S/C34H42ClN3O4S/c1-5-31(34(40)36-28-14-7-6-8-15-28)37(22-27-13-10-9-12-25(27)3)33(39)23-38(32-17-11-16-30(35)26(32)4)43(41,42)29-20-18-24(2)19-21-29/h9-13,16-21,28,31H,5-8,14-15,22-23H2,1-4H3,(H,36,40)/t31-/m1/s1. The third kappa shape index (κ3) is 7.78. The number of amides is 2. The first-order valence-electron chi connectivity index (χ1n) is 15.0. The van der Waals surface area contributed by atoms with Gasteiger partial charge in [-0.3, -0.25) is 13.9 Å². The lowest BCUT2D eigenvalue weighted by atomic mass is 9.95. The first-order chi connectivity index (χ1) is 20.5. The largest absolute Gasteiger partial charge is 0.352 e. The van der Waals surface area contributed by atoms with Gasteiger partial charge < -0.3 is 10.2 Å². The van der Waals surface area contributed by atoms with Crippen LogP contribution in [-0.2, 0) is 26.2 Å².